The van der Waals surface area contributed by atoms with Crippen LogP contribution in [0.3, 0.4) is 0 Å². The lowest BCUT2D eigenvalue weighted by Gasteiger charge is -2.25. The first-order valence-electron chi connectivity index (χ1n) is 4.62. The van der Waals surface area contributed by atoms with Crippen molar-refractivity contribution in [2.75, 3.05) is 0 Å². The first-order chi connectivity index (χ1) is 6.76. The van der Waals surface area contributed by atoms with E-state index in [1.165, 1.54) is 5.56 Å². The summed E-state index contributed by atoms with van der Waals surface area (Å²) in [7, 11) is 0.684. The van der Waals surface area contributed by atoms with Crippen LogP contribution in [0.15, 0.2) is 55.6 Å². The number of benzene rings is 1. The maximum Gasteiger partial charge on any atom is 0.147 e. The van der Waals surface area contributed by atoms with E-state index in [1.807, 2.05) is 30.4 Å². The molecular formula is C12H16OSi. The molecule has 0 bridgehead atoms. The Bertz CT molecular complexity index is 297. The van der Waals surface area contributed by atoms with Crippen LogP contribution in [-0.4, -0.2) is 16.1 Å². The van der Waals surface area contributed by atoms with Crippen molar-refractivity contribution < 1.29 is 4.43 Å². The summed E-state index contributed by atoms with van der Waals surface area (Å²) in [6.07, 6.45) is 4.45. The topological polar surface area (TPSA) is 9.23 Å². The molecule has 1 aromatic rings. The van der Waals surface area contributed by atoms with E-state index in [4.69, 9.17) is 4.43 Å². The van der Waals surface area contributed by atoms with E-state index >= 15 is 0 Å². The average Bonchev–Trinajstić information content (AvgIpc) is 2.28. The van der Waals surface area contributed by atoms with Gasteiger partial charge < -0.3 is 4.43 Å². The van der Waals surface area contributed by atoms with Crippen molar-refractivity contribution in [3.8, 4) is 0 Å². The molecule has 0 N–H and O–H groups in total. The third-order valence-corrected chi connectivity index (χ3v) is 3.15. The highest BCUT2D eigenvalue weighted by atomic mass is 28.2. The Labute approximate surface area is 88.6 Å². The van der Waals surface area contributed by atoms with Crippen LogP contribution in [0.1, 0.15) is 5.56 Å². The van der Waals surface area contributed by atoms with Gasteiger partial charge in [0.2, 0.25) is 0 Å². The van der Waals surface area contributed by atoms with Gasteiger partial charge in [-0.3, -0.25) is 0 Å². The molecule has 0 aliphatic heterocycles. The third-order valence-electron chi connectivity index (χ3n) is 2.39. The molecule has 0 unspecified atom stereocenters. The van der Waals surface area contributed by atoms with Crippen molar-refractivity contribution in [3.05, 3.63) is 61.2 Å². The maximum absolute atomic E-state index is 5.54. The summed E-state index contributed by atoms with van der Waals surface area (Å²) in [6, 6.07) is 10.2. The molecule has 0 heterocycles. The van der Waals surface area contributed by atoms with Crippen LogP contribution in [0, 0.1) is 0 Å². The molecule has 0 spiro atoms. The van der Waals surface area contributed by atoms with Crippen LogP contribution in [0.4, 0.5) is 0 Å². The largest absolute Gasteiger partial charge is 0.415 e. The molecule has 1 nitrogen and oxygen atoms in total. The SMILES string of the molecule is C=CC(C=C)(Cc1ccccc1)O[SiH3]. The highest BCUT2D eigenvalue weighted by Crippen LogP contribution is 2.19. The van der Waals surface area contributed by atoms with Crippen LogP contribution < -0.4 is 0 Å². The second-order valence-electron chi connectivity index (χ2n) is 3.23. The summed E-state index contributed by atoms with van der Waals surface area (Å²) in [5.74, 6) is 0. The predicted octanol–water partition coefficient (Wildman–Crippen LogP) is 1.64. The lowest BCUT2D eigenvalue weighted by molar-refractivity contribution is 0.191. The molecule has 2 heteroatoms. The zero-order valence-electron chi connectivity index (χ0n) is 8.57. The van der Waals surface area contributed by atoms with Crippen LogP contribution >= 0.6 is 0 Å². The highest BCUT2D eigenvalue weighted by Gasteiger charge is 2.20. The maximum atomic E-state index is 5.54. The van der Waals surface area contributed by atoms with E-state index < -0.39 is 0 Å². The molecule has 0 fully saturated rings. The lowest BCUT2D eigenvalue weighted by Crippen LogP contribution is -2.29. The van der Waals surface area contributed by atoms with Crippen molar-refractivity contribution >= 4 is 10.5 Å². The lowest BCUT2D eigenvalue weighted by atomic mass is 9.95. The van der Waals surface area contributed by atoms with E-state index in [-0.39, 0.29) is 5.60 Å². The summed E-state index contributed by atoms with van der Waals surface area (Å²) in [5.41, 5.74) is 0.858. The number of hydrogen-bond acceptors (Lipinski definition) is 1. The Morgan fingerprint density at radius 2 is 1.79 bits per heavy atom. The fraction of sp³-hybridized carbons (Fsp3) is 0.167. The van der Waals surface area contributed by atoms with Gasteiger partial charge in [0, 0.05) is 6.42 Å². The van der Waals surface area contributed by atoms with Gasteiger partial charge in [0.05, 0.1) is 5.60 Å². The Morgan fingerprint density at radius 3 is 2.21 bits per heavy atom. The van der Waals surface area contributed by atoms with Crippen molar-refractivity contribution in [1.29, 1.82) is 0 Å². The van der Waals surface area contributed by atoms with Crippen molar-refractivity contribution in [2.45, 2.75) is 12.0 Å². The zero-order valence-corrected chi connectivity index (χ0v) is 10.6. The fourth-order valence-corrected chi connectivity index (χ4v) is 1.86. The van der Waals surface area contributed by atoms with Gasteiger partial charge in [-0.2, -0.15) is 0 Å². The summed E-state index contributed by atoms with van der Waals surface area (Å²) >= 11 is 0. The fourth-order valence-electron chi connectivity index (χ4n) is 1.38. The first kappa shape index (κ1) is 11.0. The molecule has 0 saturated heterocycles. The minimum absolute atomic E-state index is 0.381. The van der Waals surface area contributed by atoms with E-state index in [2.05, 4.69) is 25.3 Å². The molecule has 0 aliphatic rings. The Balaban J connectivity index is 2.84. The van der Waals surface area contributed by atoms with Gasteiger partial charge in [0.15, 0.2) is 0 Å². The van der Waals surface area contributed by atoms with E-state index in [0.717, 1.165) is 6.42 Å². The van der Waals surface area contributed by atoms with Gasteiger partial charge in [-0.1, -0.05) is 55.6 Å². The van der Waals surface area contributed by atoms with E-state index in [0.29, 0.717) is 10.5 Å². The summed E-state index contributed by atoms with van der Waals surface area (Å²) < 4.78 is 5.54. The molecule has 14 heavy (non-hydrogen) atoms. The molecule has 0 amide bonds. The number of rotatable bonds is 5. The Hall–Kier alpha value is -1.12. The van der Waals surface area contributed by atoms with Gasteiger partial charge in [-0.15, -0.1) is 0 Å². The normalized spacial score (nSPS) is 11.1. The zero-order chi connectivity index (χ0) is 10.4. The van der Waals surface area contributed by atoms with Crippen molar-refractivity contribution in [3.63, 3.8) is 0 Å². The molecule has 74 valence electrons. The summed E-state index contributed by atoms with van der Waals surface area (Å²) in [6.45, 7) is 7.59. The van der Waals surface area contributed by atoms with Gasteiger partial charge in [-0.05, 0) is 5.56 Å². The first-order valence-corrected chi connectivity index (χ1v) is 5.44. The van der Waals surface area contributed by atoms with Crippen LogP contribution in [0.5, 0.6) is 0 Å². The van der Waals surface area contributed by atoms with Gasteiger partial charge in [0.1, 0.15) is 10.5 Å². The molecule has 0 saturated carbocycles. The summed E-state index contributed by atoms with van der Waals surface area (Å²) in [4.78, 5) is 0. The number of hydrogen-bond donors (Lipinski definition) is 0. The van der Waals surface area contributed by atoms with E-state index in [9.17, 15) is 0 Å². The van der Waals surface area contributed by atoms with E-state index in [1.54, 1.807) is 0 Å². The second kappa shape index (κ2) is 4.93. The third kappa shape index (κ3) is 2.43. The Kier molecular flexibility index (Phi) is 3.86. The minimum Gasteiger partial charge on any atom is -0.415 e. The second-order valence-corrected chi connectivity index (χ2v) is 3.64. The molecule has 1 aromatic carbocycles. The van der Waals surface area contributed by atoms with Gasteiger partial charge in [0.25, 0.3) is 0 Å². The highest BCUT2D eigenvalue weighted by molar-refractivity contribution is 5.98. The van der Waals surface area contributed by atoms with Crippen LogP contribution in [-0.2, 0) is 10.8 Å². The van der Waals surface area contributed by atoms with Crippen LogP contribution in [0.2, 0.25) is 0 Å². The van der Waals surface area contributed by atoms with Crippen LogP contribution in [0.25, 0.3) is 0 Å². The molecule has 0 aliphatic carbocycles. The molecular weight excluding hydrogens is 188 g/mol. The Morgan fingerprint density at radius 1 is 1.21 bits per heavy atom. The van der Waals surface area contributed by atoms with Crippen molar-refractivity contribution in [2.24, 2.45) is 0 Å². The average molecular weight is 204 g/mol. The smallest absolute Gasteiger partial charge is 0.147 e. The quantitative estimate of drug-likeness (QED) is 0.523. The standard InChI is InChI=1S/C12H16OSi/c1-3-12(4-2,13-14)10-11-8-6-5-7-9-11/h3-9H,1-2,10H2,14H3. The molecule has 1 rings (SSSR count). The van der Waals surface area contributed by atoms with Gasteiger partial charge in [-0.25, -0.2) is 0 Å². The molecule has 0 atom stereocenters. The minimum atomic E-state index is -0.381. The van der Waals surface area contributed by atoms with Gasteiger partial charge >= 0.3 is 0 Å². The summed E-state index contributed by atoms with van der Waals surface area (Å²) in [5, 5.41) is 0. The predicted molar refractivity (Wildman–Crippen MR) is 64.3 cm³/mol. The monoisotopic (exact) mass is 204 g/mol. The molecule has 0 radical (unpaired) electrons. The van der Waals surface area contributed by atoms with Crippen molar-refractivity contribution in [1.82, 2.24) is 0 Å². The molecule has 0 aromatic heterocycles.